The average molecular weight is 117 g/mol. The van der Waals surface area contributed by atoms with Crippen LogP contribution in [0.15, 0.2) is 0 Å². The van der Waals surface area contributed by atoms with Crippen LogP contribution >= 0.6 is 7.47 Å². The lowest BCUT2D eigenvalue weighted by Crippen LogP contribution is -1.80. The zero-order valence-corrected chi connectivity index (χ0v) is 6.34. The van der Waals surface area contributed by atoms with Gasteiger partial charge >= 0.3 is 0 Å². The minimum atomic E-state index is 0.343. The van der Waals surface area contributed by atoms with Gasteiger partial charge in [0.1, 0.15) is 0 Å². The van der Waals surface area contributed by atoms with Crippen LogP contribution in [0.25, 0.3) is 0 Å². The van der Waals surface area contributed by atoms with Crippen LogP contribution in [-0.4, -0.2) is 31.8 Å². The summed E-state index contributed by atoms with van der Waals surface area (Å²) in [6.45, 7) is 4.50. The van der Waals surface area contributed by atoms with Crippen LogP contribution < -0.4 is 0 Å². The van der Waals surface area contributed by atoms with Crippen molar-refractivity contribution in [2.24, 2.45) is 0 Å². The summed E-state index contributed by atoms with van der Waals surface area (Å²) in [5.74, 6) is 0. The second kappa shape index (κ2) is 3.07. The van der Waals surface area contributed by atoms with Crippen molar-refractivity contribution in [2.75, 3.05) is 13.3 Å². The Morgan fingerprint density at radius 3 is 1.80 bits per heavy atom. The SMILES string of the molecule is CP(C)[Si][Si]. The van der Waals surface area contributed by atoms with Crippen LogP contribution in [0.3, 0.4) is 0 Å². The fraction of sp³-hybridized carbons (Fsp3) is 1.00. The molecule has 0 fully saturated rings. The van der Waals surface area contributed by atoms with Crippen molar-refractivity contribution in [3.63, 3.8) is 0 Å². The molecule has 0 aliphatic carbocycles. The zero-order chi connectivity index (χ0) is 4.28. The van der Waals surface area contributed by atoms with Gasteiger partial charge < -0.3 is 0 Å². The van der Waals surface area contributed by atoms with E-state index in [9.17, 15) is 0 Å². The van der Waals surface area contributed by atoms with Gasteiger partial charge in [0.15, 0.2) is 0 Å². The monoisotopic (exact) mass is 117 g/mol. The molecule has 5 heavy (non-hydrogen) atoms. The lowest BCUT2D eigenvalue weighted by molar-refractivity contribution is 2.29. The van der Waals surface area contributed by atoms with Crippen LogP contribution in [-0.2, 0) is 0 Å². The van der Waals surface area contributed by atoms with E-state index in [0.29, 0.717) is 7.47 Å². The maximum Gasteiger partial charge on any atom is 0.0540 e. The second-order valence-corrected chi connectivity index (χ2v) is 8.39. The Balaban J connectivity index is 2.54. The molecule has 0 aromatic heterocycles. The highest BCUT2D eigenvalue weighted by atomic mass is 31.4. The first-order valence-corrected chi connectivity index (χ1v) is 6.95. The average Bonchev–Trinajstić information content (AvgIpc) is 1.38. The van der Waals surface area contributed by atoms with Gasteiger partial charge in [-0.2, -0.15) is 0 Å². The van der Waals surface area contributed by atoms with Crippen LogP contribution in [0.5, 0.6) is 0 Å². The van der Waals surface area contributed by atoms with Crippen molar-refractivity contribution < 1.29 is 0 Å². The Morgan fingerprint density at radius 2 is 1.80 bits per heavy atom. The summed E-state index contributed by atoms with van der Waals surface area (Å²) in [7, 11) is 4.74. The van der Waals surface area contributed by atoms with Crippen LogP contribution in [0, 0.1) is 0 Å². The molecule has 0 rings (SSSR count). The molecule has 3 heteroatoms. The van der Waals surface area contributed by atoms with Crippen molar-refractivity contribution in [2.45, 2.75) is 0 Å². The highest BCUT2D eigenvalue weighted by Gasteiger charge is 1.80. The van der Waals surface area contributed by atoms with E-state index < -0.39 is 0 Å². The van der Waals surface area contributed by atoms with Crippen LogP contribution in [0.4, 0.5) is 0 Å². The molecule has 0 unspecified atom stereocenters. The summed E-state index contributed by atoms with van der Waals surface area (Å²) in [6, 6.07) is 0. The van der Waals surface area contributed by atoms with E-state index in [1.165, 1.54) is 0 Å². The Morgan fingerprint density at radius 1 is 1.60 bits per heavy atom. The largest absolute Gasteiger partial charge is 0.133 e. The Labute approximate surface area is 40.0 Å². The van der Waals surface area contributed by atoms with Gasteiger partial charge in [-0.15, -0.1) is 7.47 Å². The molecule has 0 nitrogen and oxygen atoms in total. The predicted octanol–water partition coefficient (Wildman–Crippen LogP) is 0.431. The third-order valence-corrected chi connectivity index (χ3v) is 6.04. The fourth-order valence-corrected chi connectivity index (χ4v) is 0. The van der Waals surface area contributed by atoms with Gasteiger partial charge in [-0.05, 0) is 13.3 Å². The molecule has 0 N–H and O–H groups in total. The minimum absolute atomic E-state index is 0.343. The van der Waals surface area contributed by atoms with E-state index >= 15 is 0 Å². The van der Waals surface area contributed by atoms with Crippen molar-refractivity contribution in [1.29, 1.82) is 0 Å². The fourth-order valence-electron chi connectivity index (χ4n) is 0. The van der Waals surface area contributed by atoms with E-state index in [1.807, 2.05) is 0 Å². The molecule has 0 aromatic carbocycles. The summed E-state index contributed by atoms with van der Waals surface area (Å²) >= 11 is 0. The Bertz CT molecular complexity index is 21.6. The van der Waals surface area contributed by atoms with Crippen molar-refractivity contribution in [3.8, 4) is 0 Å². The summed E-state index contributed by atoms with van der Waals surface area (Å²) in [5, 5.41) is 0. The molecule has 0 saturated carbocycles. The topological polar surface area (TPSA) is 0 Å². The second-order valence-electron chi connectivity index (χ2n) is 1.01. The van der Waals surface area contributed by atoms with Crippen LogP contribution in [0.2, 0.25) is 0 Å². The van der Waals surface area contributed by atoms with E-state index in [4.69, 9.17) is 0 Å². The van der Waals surface area contributed by atoms with Gasteiger partial charge in [-0.1, -0.05) is 0 Å². The van der Waals surface area contributed by atoms with Gasteiger partial charge in [0.2, 0.25) is 0 Å². The first-order chi connectivity index (χ1) is 2.27. The van der Waals surface area contributed by atoms with Gasteiger partial charge in [0.25, 0.3) is 0 Å². The van der Waals surface area contributed by atoms with Gasteiger partial charge in [-0.25, -0.2) is 0 Å². The maximum atomic E-state index is 3.41. The third kappa shape index (κ3) is 4.86. The molecule has 0 amide bonds. The van der Waals surface area contributed by atoms with Crippen molar-refractivity contribution >= 4 is 25.9 Å². The molecule has 27 valence electrons. The van der Waals surface area contributed by atoms with E-state index in [-0.39, 0.29) is 0 Å². The summed E-state index contributed by atoms with van der Waals surface area (Å²) in [4.78, 5) is 0. The van der Waals surface area contributed by atoms with Crippen LogP contribution in [0.1, 0.15) is 0 Å². The Kier molecular flexibility index (Phi) is 3.60. The van der Waals surface area contributed by atoms with E-state index in [2.05, 4.69) is 23.1 Å². The first kappa shape index (κ1) is 5.86. The molecule has 0 spiro atoms. The predicted molar refractivity (Wildman–Crippen MR) is 30.3 cm³/mol. The van der Waals surface area contributed by atoms with Gasteiger partial charge in [0, 0.05) is 9.76 Å². The molecular weight excluding hydrogens is 111 g/mol. The minimum Gasteiger partial charge on any atom is -0.133 e. The summed E-state index contributed by atoms with van der Waals surface area (Å²) in [6.07, 6.45) is 0. The standard InChI is InChI=1S/C2H6PSi2/c1-3(2)5-4/h1-2H3. The quantitative estimate of drug-likeness (QED) is 0.345. The first-order valence-electron chi connectivity index (χ1n) is 1.37. The third-order valence-electron chi connectivity index (χ3n) is 0.224. The maximum absolute atomic E-state index is 3.41. The molecule has 0 aliphatic rings. The zero-order valence-electron chi connectivity index (χ0n) is 3.45. The lowest BCUT2D eigenvalue weighted by Gasteiger charge is -1.90. The molecule has 5 radical (unpaired) electrons. The molecule has 0 saturated heterocycles. The Hall–Kier alpha value is 0.864. The van der Waals surface area contributed by atoms with Gasteiger partial charge in [-0.3, -0.25) is 0 Å². The normalized spacial score (nSPS) is 9.60. The van der Waals surface area contributed by atoms with Crippen molar-refractivity contribution in [3.05, 3.63) is 0 Å². The highest BCUT2D eigenvalue weighted by molar-refractivity contribution is 7.90. The lowest BCUT2D eigenvalue weighted by atomic mass is 11.9. The molecule has 0 aliphatic heterocycles. The highest BCUT2D eigenvalue weighted by Crippen LogP contribution is 2.17. The molecule has 0 heterocycles. The number of hydrogen-bond donors (Lipinski definition) is 0. The van der Waals surface area contributed by atoms with Crippen molar-refractivity contribution in [1.82, 2.24) is 0 Å². The summed E-state index contributed by atoms with van der Waals surface area (Å²) < 4.78 is 0. The van der Waals surface area contributed by atoms with Gasteiger partial charge in [0.05, 0.1) is 8.70 Å². The number of hydrogen-bond acceptors (Lipinski definition) is 0. The van der Waals surface area contributed by atoms with E-state index in [0.717, 1.165) is 8.70 Å². The molecule has 0 aromatic rings. The molecule has 0 atom stereocenters. The smallest absolute Gasteiger partial charge is 0.0540 e. The van der Waals surface area contributed by atoms with E-state index in [1.54, 1.807) is 0 Å². The molecular formula is C2H6PSi2. The summed E-state index contributed by atoms with van der Waals surface area (Å²) in [5.41, 5.74) is 0. The number of rotatable bonds is 1. The molecule has 0 bridgehead atoms.